The lowest BCUT2D eigenvalue weighted by Gasteiger charge is -2.36. The van der Waals surface area contributed by atoms with Gasteiger partial charge in [0.25, 0.3) is 0 Å². The van der Waals surface area contributed by atoms with Crippen LogP contribution in [-0.2, 0) is 54.7 Å². The summed E-state index contributed by atoms with van der Waals surface area (Å²) in [4.78, 5) is 86.0. The molecule has 20 nitrogen and oxygen atoms in total. The summed E-state index contributed by atoms with van der Waals surface area (Å²) in [6.45, 7) is 4.86. The molecule has 20 heteroatoms. The van der Waals surface area contributed by atoms with Gasteiger partial charge in [0.1, 0.15) is 35.6 Å². The Kier molecular flexibility index (Phi) is 20.7. The highest BCUT2D eigenvalue weighted by molar-refractivity contribution is 5.95. The smallest absolute Gasteiger partial charge is 0.246 e. The summed E-state index contributed by atoms with van der Waals surface area (Å²) in [6, 6.07) is 23.5. The van der Waals surface area contributed by atoms with Gasteiger partial charge in [-0.3, -0.25) is 38.1 Å². The van der Waals surface area contributed by atoms with Gasteiger partial charge in [-0.2, -0.15) is 0 Å². The number of nitrogens with zero attached hydrogens (tertiary/aromatic N) is 8. The van der Waals surface area contributed by atoms with E-state index in [2.05, 4.69) is 76.8 Å². The average Bonchev–Trinajstić information content (AvgIpc) is 4.39. The van der Waals surface area contributed by atoms with Gasteiger partial charge in [0.2, 0.25) is 35.4 Å². The summed E-state index contributed by atoms with van der Waals surface area (Å²) in [7, 11) is 3.43. The van der Waals surface area contributed by atoms with Crippen molar-refractivity contribution in [3.05, 3.63) is 131 Å². The molecule has 438 valence electrons. The fourth-order valence-electron chi connectivity index (χ4n) is 12.3. The van der Waals surface area contributed by atoms with E-state index in [0.717, 1.165) is 101 Å². The van der Waals surface area contributed by atoms with Crippen molar-refractivity contribution in [1.29, 1.82) is 0 Å². The molecule has 82 heavy (non-hydrogen) atoms. The number of unbranched alkanes of at least 4 members (excludes halogenated alkanes) is 2. The maximum Gasteiger partial charge on any atom is 0.246 e. The Bertz CT molecular complexity index is 2720. The van der Waals surface area contributed by atoms with E-state index in [0.29, 0.717) is 50.2 Å². The third-order valence-corrected chi connectivity index (χ3v) is 17.3. The van der Waals surface area contributed by atoms with Gasteiger partial charge in [0.15, 0.2) is 0 Å². The van der Waals surface area contributed by atoms with Gasteiger partial charge in [0, 0.05) is 25.2 Å². The van der Waals surface area contributed by atoms with Crippen molar-refractivity contribution in [2.45, 2.75) is 203 Å². The summed E-state index contributed by atoms with van der Waals surface area (Å²) in [5.41, 5.74) is 5.53. The summed E-state index contributed by atoms with van der Waals surface area (Å²) in [6.07, 6.45) is 18.2. The molecule has 4 aliphatic rings. The summed E-state index contributed by atoms with van der Waals surface area (Å²) in [5.74, 6) is -1.31. The van der Waals surface area contributed by atoms with Gasteiger partial charge >= 0.3 is 0 Å². The van der Waals surface area contributed by atoms with E-state index in [-0.39, 0.29) is 47.5 Å². The van der Waals surface area contributed by atoms with Gasteiger partial charge in [-0.05, 0) is 140 Å². The van der Waals surface area contributed by atoms with Crippen LogP contribution in [0.1, 0.15) is 162 Å². The first-order valence-corrected chi connectivity index (χ1v) is 30.1. The average molecular weight is 1120 g/mol. The molecule has 3 aromatic carbocycles. The number of benzene rings is 3. The highest BCUT2D eigenvalue weighted by atomic mass is 16.2. The molecule has 4 saturated heterocycles. The first kappa shape index (κ1) is 59.3. The molecule has 4 aliphatic heterocycles. The van der Waals surface area contributed by atoms with E-state index in [1.165, 1.54) is 11.1 Å². The Labute approximate surface area is 482 Å². The van der Waals surface area contributed by atoms with Crippen LogP contribution < -0.4 is 31.9 Å². The van der Waals surface area contributed by atoms with E-state index < -0.39 is 48.3 Å². The number of hydrogen-bond donors (Lipinski definition) is 6. The number of carbonyl (C=O) groups excluding carboxylic acids is 6. The highest BCUT2D eigenvalue weighted by Crippen LogP contribution is 2.34. The lowest BCUT2D eigenvalue weighted by molar-refractivity contribution is -0.144. The molecule has 0 saturated carbocycles. The van der Waals surface area contributed by atoms with Gasteiger partial charge in [-0.15, -0.1) is 10.2 Å². The Hall–Kier alpha value is -7.32. The second-order valence-corrected chi connectivity index (χ2v) is 22.9. The molecule has 0 radical (unpaired) electrons. The summed E-state index contributed by atoms with van der Waals surface area (Å²) >= 11 is 0. The molecular weight excluding hydrogens is 1040 g/mol. The number of amides is 6. The van der Waals surface area contributed by atoms with E-state index in [4.69, 9.17) is 0 Å². The number of nitrogens with one attached hydrogen (secondary N) is 6. The van der Waals surface area contributed by atoms with E-state index in [1.807, 2.05) is 82.4 Å². The third kappa shape index (κ3) is 14.8. The van der Waals surface area contributed by atoms with Gasteiger partial charge in [-0.25, -0.2) is 0 Å². The van der Waals surface area contributed by atoms with Crippen molar-refractivity contribution in [2.24, 2.45) is 0 Å². The Balaban J connectivity index is 0.734. The molecule has 6 heterocycles. The van der Waals surface area contributed by atoms with Crippen LogP contribution in [-0.4, -0.2) is 138 Å². The fourth-order valence-corrected chi connectivity index (χ4v) is 12.3. The zero-order valence-corrected chi connectivity index (χ0v) is 48.2. The molecule has 0 spiro atoms. The molecule has 2 unspecified atom stereocenters. The second-order valence-electron chi connectivity index (χ2n) is 22.9. The minimum absolute atomic E-state index is 0.0483. The molecule has 0 aliphatic carbocycles. The van der Waals surface area contributed by atoms with Crippen molar-refractivity contribution in [3.8, 4) is 0 Å². The van der Waals surface area contributed by atoms with Crippen LogP contribution in [0, 0.1) is 0 Å². The van der Waals surface area contributed by atoms with Gasteiger partial charge < -0.3 is 41.7 Å². The number of fused-ring (bicyclic) bond motifs is 2. The Morgan fingerprint density at radius 2 is 0.902 bits per heavy atom. The van der Waals surface area contributed by atoms with Crippen LogP contribution >= 0.6 is 0 Å². The molecular formula is C62H84N14O6. The van der Waals surface area contributed by atoms with Crippen molar-refractivity contribution < 1.29 is 28.8 Å². The van der Waals surface area contributed by atoms with Crippen LogP contribution in [0.5, 0.6) is 0 Å². The lowest BCUT2D eigenvalue weighted by Crippen LogP contribution is -2.58. The maximum atomic E-state index is 14.3. The maximum absolute atomic E-state index is 14.3. The first-order valence-electron chi connectivity index (χ1n) is 30.1. The topological polar surface area (TPSA) is 242 Å². The number of carbonyl (C=O) groups is 6. The molecule has 0 bridgehead atoms. The van der Waals surface area contributed by atoms with Crippen LogP contribution in [0.25, 0.3) is 0 Å². The zero-order chi connectivity index (χ0) is 57.5. The molecule has 10 atom stereocenters. The van der Waals surface area contributed by atoms with Crippen molar-refractivity contribution in [1.82, 2.24) is 71.7 Å². The molecule has 6 amide bonds. The minimum atomic E-state index is -0.676. The quantitative estimate of drug-likeness (QED) is 0.0427. The predicted molar refractivity (Wildman–Crippen MR) is 310 cm³/mol. The minimum Gasteiger partial charge on any atom is -0.343 e. The number of rotatable bonds is 24. The van der Waals surface area contributed by atoms with Gasteiger partial charge in [-0.1, -0.05) is 121 Å². The normalized spacial score (nSPS) is 22.5. The second kappa shape index (κ2) is 28.6. The lowest BCUT2D eigenvalue weighted by atomic mass is 9.98. The van der Waals surface area contributed by atoms with Crippen LogP contribution in [0.2, 0.25) is 0 Å². The van der Waals surface area contributed by atoms with Crippen LogP contribution in [0.15, 0.2) is 97.3 Å². The summed E-state index contributed by atoms with van der Waals surface area (Å²) in [5, 5.41) is 36.4. The number of hydrogen-bond acceptors (Lipinski definition) is 12. The molecule has 9 rings (SSSR count). The molecule has 5 aromatic rings. The van der Waals surface area contributed by atoms with Crippen molar-refractivity contribution >= 4 is 35.4 Å². The monoisotopic (exact) mass is 1120 g/mol. The van der Waals surface area contributed by atoms with Crippen molar-refractivity contribution in [2.75, 3.05) is 14.1 Å². The van der Waals surface area contributed by atoms with Crippen molar-refractivity contribution in [3.63, 3.8) is 0 Å². The SMILES string of the molecule is CN[C@@H](C)C(=O)N[C@H]1CCCC[C@H]2CCC(C(=O)NC(c3ccccc3)c3cn(CCCCc4ccc(CCCCn5cc([C@@H](NC(=O)[C@@H]6CC[C@@H]7CCCC[C@H](NC(=O)[C@H](C)NC)C(=O)N76)c6ccccc6)nn5)cc4)nn3)N2C1=O. The number of aryl methyl sites for hydroxylation is 4. The van der Waals surface area contributed by atoms with Gasteiger partial charge in [0.05, 0.1) is 36.6 Å². The zero-order valence-electron chi connectivity index (χ0n) is 48.2. The largest absolute Gasteiger partial charge is 0.343 e. The molecule has 6 N–H and O–H groups in total. The molecule has 4 fully saturated rings. The van der Waals surface area contributed by atoms with E-state index >= 15 is 0 Å². The predicted octanol–water partition coefficient (Wildman–Crippen LogP) is 5.38. The van der Waals surface area contributed by atoms with E-state index in [9.17, 15) is 28.8 Å². The first-order chi connectivity index (χ1) is 39.9. The van der Waals surface area contributed by atoms with Crippen LogP contribution in [0.3, 0.4) is 0 Å². The Morgan fingerprint density at radius 3 is 1.29 bits per heavy atom. The third-order valence-electron chi connectivity index (χ3n) is 17.3. The summed E-state index contributed by atoms with van der Waals surface area (Å²) < 4.78 is 3.68. The molecule has 2 aromatic heterocycles. The highest BCUT2D eigenvalue weighted by Gasteiger charge is 2.46. The fraction of sp³-hybridized carbons (Fsp3) is 0.548. The van der Waals surface area contributed by atoms with Crippen LogP contribution in [0.4, 0.5) is 0 Å². The standard InChI is InChI=1S/C62H84N14O6/c1-41(63-3)57(77)65-49-27-13-11-25-47-33-35-53(75(47)61(49)81)59(79)67-55(45-21-7-5-8-22-45)51-39-73(71-69-51)37-17-15-19-43-29-31-44(32-30-43)20-16-18-38-74-40-52(70-72-74)56(46-23-9-6-10-24-46)68-60(80)54-36-34-48-26-12-14-28-50(62(82)76(48)54)66-58(78)42(2)64-4/h5-10,21-24,29-32,39-42,47-50,53-56,63-64H,11-20,25-28,33-38H2,1-4H3,(H,65,77)(H,66,78)(H,67,79)(H,68,80)/t41-,42-,47-,48-,49-,50-,53-,54?,55-,56?/m0/s1. The Morgan fingerprint density at radius 1 is 0.512 bits per heavy atom. The number of aromatic nitrogens is 6. The number of likely N-dealkylation sites (N-methyl/N-ethyl adjacent to an activating group) is 2. The van der Waals surface area contributed by atoms with E-state index in [1.54, 1.807) is 37.7 Å².